The Bertz CT molecular complexity index is 1390. The van der Waals surface area contributed by atoms with Crippen LogP contribution < -0.4 is 21.3 Å². The second-order valence-electron chi connectivity index (χ2n) is 13.1. The molecule has 10 nitrogen and oxygen atoms in total. The molecule has 2 aliphatic carbocycles. The van der Waals surface area contributed by atoms with Gasteiger partial charge in [-0.2, -0.15) is 5.10 Å². The normalized spacial score (nSPS) is 21.7. The van der Waals surface area contributed by atoms with E-state index in [4.69, 9.17) is 0 Å². The number of hydrogen-bond acceptors (Lipinski definition) is 5. The number of rotatable bonds is 14. The van der Waals surface area contributed by atoms with E-state index in [2.05, 4.69) is 39.8 Å². The summed E-state index contributed by atoms with van der Waals surface area (Å²) >= 11 is 0. The summed E-state index contributed by atoms with van der Waals surface area (Å²) in [5.41, 5.74) is 0.861. The van der Waals surface area contributed by atoms with Crippen LogP contribution in [0.25, 0.3) is 0 Å². The second kappa shape index (κ2) is 15.8. The van der Waals surface area contributed by atoms with Gasteiger partial charge >= 0.3 is 0 Å². The molecule has 0 saturated heterocycles. The molecule has 1 aromatic carbocycles. The maximum absolute atomic E-state index is 15.6. The highest BCUT2D eigenvalue weighted by Gasteiger charge is 2.38. The molecule has 2 saturated carbocycles. The third-order valence-electron chi connectivity index (χ3n) is 10.0. The highest BCUT2D eigenvalue weighted by Crippen LogP contribution is 2.44. The van der Waals surface area contributed by atoms with E-state index in [0.717, 1.165) is 54.5 Å². The number of halogens is 1. The Labute approximate surface area is 274 Å². The number of amides is 4. The van der Waals surface area contributed by atoms with Crippen molar-refractivity contribution in [3.8, 4) is 0 Å². The monoisotopic (exact) mass is 652 g/mol. The lowest BCUT2D eigenvalue weighted by Gasteiger charge is -2.39. The summed E-state index contributed by atoms with van der Waals surface area (Å²) in [5, 5.41) is 15.8. The van der Waals surface area contributed by atoms with Crippen LogP contribution in [0.15, 0.2) is 30.5 Å². The van der Waals surface area contributed by atoms with Crippen LogP contribution >= 0.6 is 0 Å². The van der Waals surface area contributed by atoms with Crippen LogP contribution in [0.2, 0.25) is 11.6 Å². The van der Waals surface area contributed by atoms with Crippen molar-refractivity contribution in [1.82, 2.24) is 25.7 Å². The number of carbonyl (C=O) groups excluding carboxylic acids is 4. The summed E-state index contributed by atoms with van der Waals surface area (Å²) < 4.78 is 17.2. The summed E-state index contributed by atoms with van der Waals surface area (Å²) in [6.45, 7) is 10.9. The number of benzene rings is 1. The molecule has 46 heavy (non-hydrogen) atoms. The zero-order valence-corrected chi connectivity index (χ0v) is 28.7. The minimum Gasteiger partial charge on any atom is -0.354 e. The average molecular weight is 653 g/mol. The van der Waals surface area contributed by atoms with Crippen LogP contribution in [0.3, 0.4) is 0 Å². The maximum atomic E-state index is 15.6. The standard InChI is InChI=1S/C34H49FN6O4Si/c1-6-28(42)39-29(32(44)36-20-22-9-8-10-22)21(3)24-11-12-26(25(35)19-24)38-33(45)30(23-13-16-34(4,46-5)17-14-23)40-31(43)27-15-18-37-41(27)7-2/h11-12,15,18-19,21-23,29-30H,6-10,13-14,16-17,20H2,1-5H3,(H,36,44)(H,38,45)(H,39,42)(H,40,43)/t21-,23?,29+,30-,34?/m0/s1. The summed E-state index contributed by atoms with van der Waals surface area (Å²) in [4.78, 5) is 52.5. The molecule has 1 heterocycles. The first-order valence-corrected chi connectivity index (χ1v) is 18.2. The molecular formula is C34H49FN6O4Si. The maximum Gasteiger partial charge on any atom is 0.270 e. The van der Waals surface area contributed by atoms with Crippen LogP contribution in [-0.2, 0) is 20.9 Å². The molecule has 250 valence electrons. The molecule has 0 aliphatic heterocycles. The quantitative estimate of drug-likeness (QED) is 0.217. The third-order valence-corrected chi connectivity index (χ3v) is 11.7. The van der Waals surface area contributed by atoms with Crippen LogP contribution in [-0.4, -0.2) is 61.6 Å². The summed E-state index contributed by atoms with van der Waals surface area (Å²) in [6, 6.07) is 4.33. The van der Waals surface area contributed by atoms with E-state index < -0.39 is 35.6 Å². The van der Waals surface area contributed by atoms with E-state index in [-0.39, 0.29) is 34.9 Å². The van der Waals surface area contributed by atoms with E-state index in [1.165, 1.54) is 12.1 Å². The van der Waals surface area contributed by atoms with Crippen molar-refractivity contribution in [2.24, 2.45) is 11.8 Å². The van der Waals surface area contributed by atoms with Gasteiger partial charge in [-0.3, -0.25) is 23.9 Å². The Balaban J connectivity index is 1.50. The van der Waals surface area contributed by atoms with Crippen molar-refractivity contribution in [2.45, 2.75) is 115 Å². The minimum atomic E-state index is -0.871. The number of hydrogen-bond donors (Lipinski definition) is 4. The Hall–Kier alpha value is -3.54. The number of nitrogens with one attached hydrogen (secondary N) is 4. The van der Waals surface area contributed by atoms with Gasteiger partial charge in [0.05, 0.1) is 5.69 Å². The molecule has 4 rings (SSSR count). The molecule has 2 aromatic rings. The van der Waals surface area contributed by atoms with Crippen molar-refractivity contribution >= 4 is 38.8 Å². The van der Waals surface area contributed by atoms with Crippen molar-refractivity contribution in [1.29, 1.82) is 0 Å². The fourth-order valence-corrected chi connectivity index (χ4v) is 7.10. The Morgan fingerprint density at radius 2 is 1.78 bits per heavy atom. The Morgan fingerprint density at radius 3 is 2.37 bits per heavy atom. The molecule has 2 fully saturated rings. The molecule has 0 bridgehead atoms. The number of aryl methyl sites for hydroxylation is 1. The summed E-state index contributed by atoms with van der Waals surface area (Å²) in [5.74, 6) is -2.28. The molecule has 0 spiro atoms. The smallest absolute Gasteiger partial charge is 0.270 e. The topological polar surface area (TPSA) is 134 Å². The second-order valence-corrected chi connectivity index (χ2v) is 14.8. The van der Waals surface area contributed by atoms with Gasteiger partial charge in [-0.25, -0.2) is 4.39 Å². The van der Waals surface area contributed by atoms with Crippen LogP contribution in [0, 0.1) is 17.7 Å². The SMILES string of the molecule is CCC(=O)N[C@@H](C(=O)NCC1CCC1)[C@@H](C)c1ccc(NC(=O)[C@@H](NC(=O)c2ccnn2CC)C2CCC(C)([Si]C)CC2)c(F)c1. The zero-order valence-electron chi connectivity index (χ0n) is 27.7. The number of carbonyl (C=O) groups is 4. The van der Waals surface area contributed by atoms with Gasteiger partial charge in [0, 0.05) is 41.1 Å². The van der Waals surface area contributed by atoms with E-state index in [1.807, 2.05) is 6.92 Å². The summed E-state index contributed by atoms with van der Waals surface area (Å²) in [6.07, 6.45) is 8.53. The number of nitrogens with zero attached hydrogens (tertiary/aromatic N) is 2. The molecule has 12 heteroatoms. The summed E-state index contributed by atoms with van der Waals surface area (Å²) in [7, 11) is 0.784. The highest BCUT2D eigenvalue weighted by molar-refractivity contribution is 6.38. The van der Waals surface area contributed by atoms with Gasteiger partial charge in [-0.1, -0.05) is 52.6 Å². The van der Waals surface area contributed by atoms with E-state index in [9.17, 15) is 19.2 Å². The van der Waals surface area contributed by atoms with Gasteiger partial charge < -0.3 is 21.3 Å². The molecule has 0 unspecified atom stereocenters. The fourth-order valence-electron chi connectivity index (χ4n) is 6.31. The molecule has 4 amide bonds. The predicted molar refractivity (Wildman–Crippen MR) is 177 cm³/mol. The van der Waals surface area contributed by atoms with E-state index in [1.54, 1.807) is 36.9 Å². The third kappa shape index (κ3) is 8.62. The number of anilines is 1. The lowest BCUT2D eigenvalue weighted by Crippen LogP contribution is -2.50. The van der Waals surface area contributed by atoms with Gasteiger partial charge in [0.2, 0.25) is 17.7 Å². The van der Waals surface area contributed by atoms with Crippen LogP contribution in [0.5, 0.6) is 0 Å². The lowest BCUT2D eigenvalue weighted by molar-refractivity contribution is -0.129. The Morgan fingerprint density at radius 1 is 1.07 bits per heavy atom. The van der Waals surface area contributed by atoms with Gasteiger partial charge in [0.1, 0.15) is 23.6 Å². The largest absolute Gasteiger partial charge is 0.354 e. The van der Waals surface area contributed by atoms with Gasteiger partial charge in [-0.05, 0) is 73.2 Å². The van der Waals surface area contributed by atoms with Gasteiger partial charge in [0.15, 0.2) is 0 Å². The Kier molecular flexibility index (Phi) is 12.2. The van der Waals surface area contributed by atoms with Gasteiger partial charge in [0.25, 0.3) is 5.91 Å². The molecule has 2 aliphatic rings. The number of aromatic nitrogens is 2. The fraction of sp³-hybridized carbons (Fsp3) is 0.618. The van der Waals surface area contributed by atoms with Crippen molar-refractivity contribution in [3.05, 3.63) is 47.5 Å². The van der Waals surface area contributed by atoms with Crippen molar-refractivity contribution < 1.29 is 23.6 Å². The van der Waals surface area contributed by atoms with Crippen molar-refractivity contribution in [3.63, 3.8) is 0 Å². The van der Waals surface area contributed by atoms with Gasteiger partial charge in [-0.15, -0.1) is 0 Å². The average Bonchev–Trinajstić information content (AvgIpc) is 3.52. The van der Waals surface area contributed by atoms with E-state index in [0.29, 0.717) is 30.3 Å². The molecule has 3 atom stereocenters. The first-order chi connectivity index (χ1) is 22.0. The highest BCUT2D eigenvalue weighted by atomic mass is 28.2. The zero-order chi connectivity index (χ0) is 33.4. The van der Waals surface area contributed by atoms with Crippen molar-refractivity contribution in [2.75, 3.05) is 11.9 Å². The molecule has 4 N–H and O–H groups in total. The van der Waals surface area contributed by atoms with Crippen LogP contribution in [0.4, 0.5) is 10.1 Å². The first kappa shape index (κ1) is 35.3. The molecule has 2 radical (unpaired) electrons. The first-order valence-electron chi connectivity index (χ1n) is 16.7. The minimum absolute atomic E-state index is 0.0157. The predicted octanol–water partition coefficient (Wildman–Crippen LogP) is 4.81. The molecule has 1 aromatic heterocycles. The molecular weight excluding hydrogens is 603 g/mol. The van der Waals surface area contributed by atoms with Crippen LogP contribution in [0.1, 0.15) is 101 Å². The van der Waals surface area contributed by atoms with E-state index >= 15 is 4.39 Å². The lowest BCUT2D eigenvalue weighted by atomic mass is 9.78.